The number of carbonyl (C=O) groups excluding carboxylic acids is 5. The van der Waals surface area contributed by atoms with Crippen LogP contribution in [0.1, 0.15) is 76.6 Å². The number of hydrogen-bond donors (Lipinski definition) is 5. The number of Topliss-reactive ketones (excluding diaryl/α,β-unsaturated/α-hetero) is 1. The number of nitrogens with one attached hydrogen (secondary N) is 3. The Morgan fingerprint density at radius 2 is 1.11 bits per heavy atom. The number of primary amides is 1. The predicted molar refractivity (Wildman–Crippen MR) is 237 cm³/mol. The van der Waals surface area contributed by atoms with E-state index in [1.807, 2.05) is 91.0 Å². The van der Waals surface area contributed by atoms with Gasteiger partial charge in [0.2, 0.25) is 5.91 Å². The van der Waals surface area contributed by atoms with Crippen molar-refractivity contribution >= 4 is 47.7 Å². The van der Waals surface area contributed by atoms with Gasteiger partial charge in [-0.2, -0.15) is 0 Å². The Hall–Kier alpha value is -6.35. The highest BCUT2D eigenvalue weighted by Crippen LogP contribution is 2.49. The zero-order chi connectivity index (χ0) is 45.5. The molecule has 4 aromatic rings. The van der Waals surface area contributed by atoms with Crippen LogP contribution in [0.4, 0.5) is 14.4 Å². The van der Waals surface area contributed by atoms with E-state index in [1.165, 1.54) is 36.0 Å². The first kappa shape index (κ1) is 48.3. The third kappa shape index (κ3) is 15.0. The van der Waals surface area contributed by atoms with Crippen molar-refractivity contribution in [3.63, 3.8) is 0 Å². The summed E-state index contributed by atoms with van der Waals surface area (Å²) >= 11 is 1.47. The second kappa shape index (κ2) is 22.0. The number of ether oxygens (including phenoxy) is 3. The van der Waals surface area contributed by atoms with Gasteiger partial charge in [0, 0.05) is 25.1 Å². The lowest BCUT2D eigenvalue weighted by molar-refractivity contribution is -0.139. The summed E-state index contributed by atoms with van der Waals surface area (Å²) in [5.74, 6) is -3.25. The number of nitrogens with two attached hydrogens (primary N) is 1. The zero-order valence-electron chi connectivity index (χ0n) is 35.8. The van der Waals surface area contributed by atoms with Gasteiger partial charge >= 0.3 is 24.2 Å². The van der Waals surface area contributed by atoms with Crippen molar-refractivity contribution in [2.45, 2.75) is 88.8 Å². The lowest BCUT2D eigenvalue weighted by Gasteiger charge is -2.36. The monoisotopic (exact) mass is 868 g/mol. The number of benzene rings is 4. The van der Waals surface area contributed by atoms with Gasteiger partial charge in [-0.15, -0.1) is 11.8 Å². The minimum Gasteiger partial charge on any atom is -0.480 e. The third-order valence-electron chi connectivity index (χ3n) is 9.24. The summed E-state index contributed by atoms with van der Waals surface area (Å²) in [5, 5.41) is 17.2. The lowest BCUT2D eigenvalue weighted by Crippen LogP contribution is -2.46. The summed E-state index contributed by atoms with van der Waals surface area (Å²) in [6.45, 7) is 10.0. The fourth-order valence-corrected chi connectivity index (χ4v) is 8.07. The molecule has 4 aromatic carbocycles. The summed E-state index contributed by atoms with van der Waals surface area (Å²) in [4.78, 5) is 77.1. The van der Waals surface area contributed by atoms with E-state index >= 15 is 0 Å². The van der Waals surface area contributed by atoms with Gasteiger partial charge in [-0.3, -0.25) is 9.59 Å². The summed E-state index contributed by atoms with van der Waals surface area (Å²) in [6.07, 6.45) is -3.09. The van der Waals surface area contributed by atoms with Gasteiger partial charge in [-0.05, 0) is 82.3 Å². The van der Waals surface area contributed by atoms with Crippen LogP contribution in [0, 0.1) is 5.92 Å². The van der Waals surface area contributed by atoms with E-state index in [9.17, 15) is 33.9 Å². The SMILES string of the molecule is CC(C)(C)OC(=O)NCC[C@H](NC(=O)Oc1ccc(C[C@H](NC(=O)OC(C)(C)C)C(=O)O)cc1)C(=O)C[C@@H](CSC(c1ccccc1)(c1ccccc1)c1ccccc1)C(N)=O. The zero-order valence-corrected chi connectivity index (χ0v) is 36.7. The molecule has 62 heavy (non-hydrogen) atoms. The van der Waals surface area contributed by atoms with Crippen molar-refractivity contribution in [2.75, 3.05) is 12.3 Å². The van der Waals surface area contributed by atoms with Crippen LogP contribution >= 0.6 is 11.8 Å². The summed E-state index contributed by atoms with van der Waals surface area (Å²) in [5.41, 5.74) is 7.77. The van der Waals surface area contributed by atoms with Crippen LogP contribution < -0.4 is 26.4 Å². The maximum absolute atomic E-state index is 14.1. The first-order valence-corrected chi connectivity index (χ1v) is 21.1. The van der Waals surface area contributed by atoms with Crippen LogP contribution in [0.5, 0.6) is 5.75 Å². The number of amides is 4. The molecule has 0 fully saturated rings. The van der Waals surface area contributed by atoms with E-state index in [4.69, 9.17) is 19.9 Å². The van der Waals surface area contributed by atoms with E-state index in [0.29, 0.717) is 5.56 Å². The van der Waals surface area contributed by atoms with E-state index in [-0.39, 0.29) is 37.3 Å². The minimum absolute atomic E-state index is 0.0711. The molecule has 0 spiro atoms. The molecule has 0 aliphatic heterocycles. The summed E-state index contributed by atoms with van der Waals surface area (Å²) in [6, 6.07) is 33.0. The number of aliphatic carboxylic acids is 1. The molecule has 0 aliphatic carbocycles. The lowest BCUT2D eigenvalue weighted by atomic mass is 9.84. The van der Waals surface area contributed by atoms with E-state index in [0.717, 1.165) is 16.7 Å². The molecule has 6 N–H and O–H groups in total. The fraction of sp³-hybridized carbons (Fsp3) is 0.362. The topological polar surface area (TPSA) is 212 Å². The van der Waals surface area contributed by atoms with Gasteiger partial charge in [0.15, 0.2) is 5.78 Å². The van der Waals surface area contributed by atoms with Crippen LogP contribution in [0.15, 0.2) is 115 Å². The smallest absolute Gasteiger partial charge is 0.413 e. The average molecular weight is 869 g/mol. The van der Waals surface area contributed by atoms with E-state index in [2.05, 4.69) is 16.0 Å². The van der Waals surface area contributed by atoms with Crippen molar-refractivity contribution in [3.05, 3.63) is 138 Å². The molecular weight excluding hydrogens is 813 g/mol. The Labute approximate surface area is 366 Å². The average Bonchev–Trinajstić information content (AvgIpc) is 3.20. The Kier molecular flexibility index (Phi) is 17.1. The molecule has 0 saturated heterocycles. The number of ketones is 1. The Morgan fingerprint density at radius 3 is 1.56 bits per heavy atom. The van der Waals surface area contributed by atoms with Crippen LogP contribution in [0.2, 0.25) is 0 Å². The van der Waals surface area contributed by atoms with E-state index in [1.54, 1.807) is 41.5 Å². The Bertz CT molecular complexity index is 2030. The number of alkyl carbamates (subject to hydrolysis) is 2. The first-order valence-electron chi connectivity index (χ1n) is 20.1. The fourth-order valence-electron chi connectivity index (χ4n) is 6.43. The molecule has 0 aliphatic rings. The molecule has 15 heteroatoms. The van der Waals surface area contributed by atoms with Crippen molar-refractivity contribution < 1.29 is 48.1 Å². The quantitative estimate of drug-likeness (QED) is 0.0587. The van der Waals surface area contributed by atoms with Crippen LogP contribution in [-0.4, -0.2) is 76.6 Å². The van der Waals surface area contributed by atoms with Crippen LogP contribution in [0.3, 0.4) is 0 Å². The van der Waals surface area contributed by atoms with Crippen molar-refractivity contribution in [2.24, 2.45) is 11.7 Å². The van der Waals surface area contributed by atoms with Gasteiger partial charge in [0.1, 0.15) is 23.0 Å². The molecule has 0 bridgehead atoms. The van der Waals surface area contributed by atoms with Crippen LogP contribution in [0.25, 0.3) is 0 Å². The molecule has 330 valence electrons. The number of hydrogen-bond acceptors (Lipinski definition) is 10. The number of rotatable bonds is 19. The maximum atomic E-state index is 14.1. The first-order chi connectivity index (χ1) is 29.3. The number of thioether (sulfide) groups is 1. The van der Waals surface area contributed by atoms with Gasteiger partial charge in [-0.25, -0.2) is 19.2 Å². The van der Waals surface area contributed by atoms with Gasteiger partial charge in [0.05, 0.1) is 16.7 Å². The highest BCUT2D eigenvalue weighted by molar-refractivity contribution is 8.00. The summed E-state index contributed by atoms with van der Waals surface area (Å²) < 4.78 is 15.2. The molecule has 0 heterocycles. The minimum atomic E-state index is -1.30. The predicted octanol–water partition coefficient (Wildman–Crippen LogP) is 7.36. The van der Waals surface area contributed by atoms with E-state index < -0.39 is 69.9 Å². The largest absolute Gasteiger partial charge is 0.480 e. The molecule has 4 amide bonds. The van der Waals surface area contributed by atoms with Crippen LogP contribution in [-0.2, 0) is 35.0 Å². The third-order valence-corrected chi connectivity index (χ3v) is 10.9. The van der Waals surface area contributed by atoms with Crippen molar-refractivity contribution in [1.29, 1.82) is 0 Å². The second-order valence-electron chi connectivity index (χ2n) is 16.5. The molecule has 0 saturated carbocycles. The molecule has 0 aromatic heterocycles. The Balaban J connectivity index is 1.53. The highest BCUT2D eigenvalue weighted by atomic mass is 32.2. The van der Waals surface area contributed by atoms with Gasteiger partial charge in [0.25, 0.3) is 0 Å². The second-order valence-corrected chi connectivity index (χ2v) is 17.8. The highest BCUT2D eigenvalue weighted by Gasteiger charge is 2.39. The number of carboxylic acids is 1. The molecule has 3 atom stereocenters. The number of carboxylic acid groups (broad SMARTS) is 1. The van der Waals surface area contributed by atoms with Crippen molar-refractivity contribution in [3.8, 4) is 5.75 Å². The molecule has 4 rings (SSSR count). The summed E-state index contributed by atoms with van der Waals surface area (Å²) in [7, 11) is 0. The van der Waals surface area contributed by atoms with Gasteiger partial charge < -0.3 is 41.0 Å². The molecule has 0 unspecified atom stereocenters. The maximum Gasteiger partial charge on any atom is 0.413 e. The molecule has 14 nitrogen and oxygen atoms in total. The Morgan fingerprint density at radius 1 is 0.645 bits per heavy atom. The number of carbonyl (C=O) groups is 6. The normalized spacial score (nSPS) is 13.1. The van der Waals surface area contributed by atoms with Gasteiger partial charge in [-0.1, -0.05) is 103 Å². The van der Waals surface area contributed by atoms with Crippen molar-refractivity contribution in [1.82, 2.24) is 16.0 Å². The standard InChI is InChI=1S/C47H56N4O10S/c1-45(2,3)60-42(56)49-27-26-37(50-43(57)59-36-24-22-31(23-25-36)28-38(41(54)55)51-44(58)61-46(4,5)6)39(52)29-32(40(48)53)30-62-47(33-16-10-7-11-17-33,34-18-12-8-13-19-34)35-20-14-9-15-21-35/h7-25,32,37-38H,26-30H2,1-6H3,(H2,48,53)(H,49,56)(H,50,57)(H,51,58)(H,54,55)/t32-,37-,38-/m0/s1. The molecular formula is C47H56N4O10S. The molecule has 0 radical (unpaired) electrons.